The molecule has 0 bridgehead atoms. The maximum atomic E-state index is 11.3. The molecule has 0 aliphatic heterocycles. The van der Waals surface area contributed by atoms with Gasteiger partial charge < -0.3 is 10.1 Å². The highest BCUT2D eigenvalue weighted by Gasteiger charge is 2.18. The zero-order valence-corrected chi connectivity index (χ0v) is 9.42. The largest absolute Gasteiger partial charge is 0.477 e. The second-order valence-corrected chi connectivity index (χ2v) is 3.95. The minimum Gasteiger partial charge on any atom is -0.477 e. The van der Waals surface area contributed by atoms with E-state index in [4.69, 9.17) is 0 Å². The molecule has 0 fully saturated rings. The Kier molecular flexibility index (Phi) is 2.34. The number of rotatable bonds is 2. The van der Waals surface area contributed by atoms with Gasteiger partial charge >= 0.3 is 5.97 Å². The monoisotopic (exact) mass is 238 g/mol. The lowest BCUT2D eigenvalue weighted by atomic mass is 10.0. The average molecular weight is 238 g/mol. The second kappa shape index (κ2) is 4.00. The zero-order chi connectivity index (χ0) is 12.5. The van der Waals surface area contributed by atoms with Gasteiger partial charge in [-0.3, -0.25) is 4.98 Å². The van der Waals surface area contributed by atoms with E-state index in [0.29, 0.717) is 11.1 Å². The Bertz CT molecular complexity index is 717. The summed E-state index contributed by atoms with van der Waals surface area (Å²) in [6.07, 6.45) is 1.66. The summed E-state index contributed by atoms with van der Waals surface area (Å²) in [5.41, 5.74) is 3.07. The van der Waals surface area contributed by atoms with Crippen LogP contribution in [0.4, 0.5) is 0 Å². The Balaban J connectivity index is 2.38. The number of nitrogens with one attached hydrogen (secondary N) is 1. The van der Waals surface area contributed by atoms with Gasteiger partial charge in [0.1, 0.15) is 5.69 Å². The molecule has 0 aliphatic rings. The van der Waals surface area contributed by atoms with Crippen LogP contribution in [-0.4, -0.2) is 21.0 Å². The van der Waals surface area contributed by atoms with E-state index in [-0.39, 0.29) is 5.69 Å². The third-order valence-corrected chi connectivity index (χ3v) is 2.83. The van der Waals surface area contributed by atoms with E-state index in [1.165, 1.54) is 0 Å². The molecule has 4 nitrogen and oxygen atoms in total. The van der Waals surface area contributed by atoms with Crippen molar-refractivity contribution in [1.82, 2.24) is 9.97 Å². The minimum atomic E-state index is -0.980. The lowest BCUT2D eigenvalue weighted by molar-refractivity contribution is 0.0692. The van der Waals surface area contributed by atoms with Gasteiger partial charge in [-0.2, -0.15) is 0 Å². The molecule has 3 rings (SSSR count). The molecule has 2 aromatic heterocycles. The molecule has 88 valence electrons. The van der Waals surface area contributed by atoms with Crippen LogP contribution in [0.25, 0.3) is 22.2 Å². The normalized spacial score (nSPS) is 10.7. The molecular formula is C14H10N2O2. The topological polar surface area (TPSA) is 66.0 Å². The molecule has 0 spiro atoms. The number of hydrogen-bond donors (Lipinski definition) is 2. The number of carboxylic acids is 1. The Morgan fingerprint density at radius 3 is 2.61 bits per heavy atom. The van der Waals surface area contributed by atoms with Crippen molar-refractivity contribution in [2.24, 2.45) is 0 Å². The number of aromatic carboxylic acids is 1. The fourth-order valence-electron chi connectivity index (χ4n) is 2.07. The summed E-state index contributed by atoms with van der Waals surface area (Å²) in [7, 11) is 0. The number of pyridine rings is 1. The standard InChI is InChI=1S/C14H10N2O2/c17-14(18)13-11(9-5-2-1-3-6-9)12-10(16-13)7-4-8-15-12/h1-8,16H,(H,17,18). The molecule has 0 unspecified atom stereocenters. The number of carbonyl (C=O) groups is 1. The van der Waals surface area contributed by atoms with Crippen molar-refractivity contribution in [3.05, 3.63) is 54.4 Å². The van der Waals surface area contributed by atoms with Crippen LogP contribution < -0.4 is 0 Å². The molecule has 2 N–H and O–H groups in total. The highest BCUT2D eigenvalue weighted by Crippen LogP contribution is 2.30. The average Bonchev–Trinajstić information content (AvgIpc) is 2.79. The molecule has 0 aliphatic carbocycles. The van der Waals surface area contributed by atoms with E-state index in [2.05, 4.69) is 9.97 Å². The lowest BCUT2D eigenvalue weighted by Gasteiger charge is -2.00. The van der Waals surface area contributed by atoms with E-state index < -0.39 is 5.97 Å². The van der Waals surface area contributed by atoms with E-state index >= 15 is 0 Å². The van der Waals surface area contributed by atoms with Crippen molar-refractivity contribution < 1.29 is 9.90 Å². The van der Waals surface area contributed by atoms with Crippen LogP contribution in [0.2, 0.25) is 0 Å². The number of benzene rings is 1. The first-order valence-electron chi connectivity index (χ1n) is 5.53. The van der Waals surface area contributed by atoms with Crippen LogP contribution in [-0.2, 0) is 0 Å². The van der Waals surface area contributed by atoms with Gasteiger partial charge in [-0.1, -0.05) is 30.3 Å². The summed E-state index contributed by atoms with van der Waals surface area (Å²) in [6.45, 7) is 0. The molecule has 2 heterocycles. The molecular weight excluding hydrogens is 228 g/mol. The maximum absolute atomic E-state index is 11.3. The summed E-state index contributed by atoms with van der Waals surface area (Å²) >= 11 is 0. The lowest BCUT2D eigenvalue weighted by Crippen LogP contribution is -1.98. The first-order chi connectivity index (χ1) is 8.77. The molecule has 1 aromatic carbocycles. The van der Waals surface area contributed by atoms with E-state index in [1.54, 1.807) is 12.3 Å². The van der Waals surface area contributed by atoms with E-state index in [1.807, 2.05) is 36.4 Å². The first kappa shape index (κ1) is 10.5. The maximum Gasteiger partial charge on any atom is 0.353 e. The van der Waals surface area contributed by atoms with Gasteiger partial charge in [0.25, 0.3) is 0 Å². The Morgan fingerprint density at radius 2 is 1.89 bits per heavy atom. The summed E-state index contributed by atoms with van der Waals surface area (Å²) < 4.78 is 0. The van der Waals surface area contributed by atoms with Gasteiger partial charge in [-0.15, -0.1) is 0 Å². The van der Waals surface area contributed by atoms with Crippen LogP contribution in [0.1, 0.15) is 10.5 Å². The third-order valence-electron chi connectivity index (χ3n) is 2.83. The first-order valence-corrected chi connectivity index (χ1v) is 5.53. The van der Waals surface area contributed by atoms with Crippen molar-refractivity contribution in [3.8, 4) is 11.1 Å². The van der Waals surface area contributed by atoms with Crippen molar-refractivity contribution in [2.75, 3.05) is 0 Å². The predicted molar refractivity (Wildman–Crippen MR) is 68.5 cm³/mol. The number of aromatic amines is 1. The van der Waals surface area contributed by atoms with Crippen LogP contribution in [0.3, 0.4) is 0 Å². The molecule has 0 saturated heterocycles. The minimum absolute atomic E-state index is 0.176. The van der Waals surface area contributed by atoms with Crippen molar-refractivity contribution >= 4 is 17.0 Å². The number of aromatic nitrogens is 2. The molecule has 0 amide bonds. The molecule has 0 saturated carbocycles. The Morgan fingerprint density at radius 1 is 1.11 bits per heavy atom. The van der Waals surface area contributed by atoms with Crippen LogP contribution in [0.5, 0.6) is 0 Å². The highest BCUT2D eigenvalue weighted by molar-refractivity contribution is 6.05. The van der Waals surface area contributed by atoms with Gasteiger partial charge in [0.15, 0.2) is 0 Å². The van der Waals surface area contributed by atoms with Crippen LogP contribution in [0, 0.1) is 0 Å². The Hall–Kier alpha value is -2.62. The van der Waals surface area contributed by atoms with Gasteiger partial charge in [-0.05, 0) is 17.7 Å². The Labute approximate surface area is 103 Å². The highest BCUT2D eigenvalue weighted by atomic mass is 16.4. The second-order valence-electron chi connectivity index (χ2n) is 3.95. The number of carboxylic acid groups (broad SMARTS) is 1. The number of nitrogens with zero attached hydrogens (tertiary/aromatic N) is 1. The fraction of sp³-hybridized carbons (Fsp3) is 0. The van der Waals surface area contributed by atoms with Crippen molar-refractivity contribution in [2.45, 2.75) is 0 Å². The van der Waals surface area contributed by atoms with Crippen LogP contribution in [0.15, 0.2) is 48.7 Å². The summed E-state index contributed by atoms with van der Waals surface area (Å²) in [5, 5.41) is 9.27. The van der Waals surface area contributed by atoms with E-state index in [9.17, 15) is 9.90 Å². The van der Waals surface area contributed by atoms with Gasteiger partial charge in [0, 0.05) is 11.8 Å². The summed E-state index contributed by atoms with van der Waals surface area (Å²) in [6, 6.07) is 13.0. The molecule has 4 heteroatoms. The van der Waals surface area contributed by atoms with Crippen molar-refractivity contribution in [3.63, 3.8) is 0 Å². The van der Waals surface area contributed by atoms with Crippen LogP contribution >= 0.6 is 0 Å². The zero-order valence-electron chi connectivity index (χ0n) is 9.42. The number of hydrogen-bond acceptors (Lipinski definition) is 2. The fourth-order valence-corrected chi connectivity index (χ4v) is 2.07. The predicted octanol–water partition coefficient (Wildman–Crippen LogP) is 2.93. The molecule has 18 heavy (non-hydrogen) atoms. The summed E-state index contributed by atoms with van der Waals surface area (Å²) in [4.78, 5) is 18.5. The number of fused-ring (bicyclic) bond motifs is 1. The smallest absolute Gasteiger partial charge is 0.353 e. The van der Waals surface area contributed by atoms with Crippen molar-refractivity contribution in [1.29, 1.82) is 0 Å². The van der Waals surface area contributed by atoms with Gasteiger partial charge in [0.2, 0.25) is 0 Å². The summed E-state index contributed by atoms with van der Waals surface area (Å²) in [5.74, 6) is -0.980. The number of H-pyrrole nitrogens is 1. The molecule has 0 radical (unpaired) electrons. The molecule has 0 atom stereocenters. The quantitative estimate of drug-likeness (QED) is 0.721. The van der Waals surface area contributed by atoms with Gasteiger partial charge in [-0.25, -0.2) is 4.79 Å². The third kappa shape index (κ3) is 1.55. The SMILES string of the molecule is O=C(O)c1[nH]c2cccnc2c1-c1ccccc1. The van der Waals surface area contributed by atoms with Gasteiger partial charge in [0.05, 0.1) is 11.0 Å². The van der Waals surface area contributed by atoms with E-state index in [0.717, 1.165) is 11.1 Å². The molecule has 3 aromatic rings.